The number of nitrogens with one attached hydrogen (secondary N) is 1. The number of amides is 2. The molecule has 2 N–H and O–H groups in total. The Morgan fingerprint density at radius 1 is 1.17 bits per heavy atom. The predicted molar refractivity (Wildman–Crippen MR) is 90.6 cm³/mol. The zero-order valence-corrected chi connectivity index (χ0v) is 13.6. The van der Waals surface area contributed by atoms with Crippen molar-refractivity contribution in [1.82, 2.24) is 4.90 Å². The molecule has 3 rings (SSSR count). The van der Waals surface area contributed by atoms with Gasteiger partial charge in [-0.15, -0.1) is 11.3 Å². The molecule has 2 aromatic rings. The summed E-state index contributed by atoms with van der Waals surface area (Å²) in [5.41, 5.74) is 0.873. The third-order valence-electron chi connectivity index (χ3n) is 3.43. The minimum Gasteiger partial charge on any atom is -0.488 e. The molecule has 24 heavy (non-hydrogen) atoms. The van der Waals surface area contributed by atoms with Crippen LogP contribution in [-0.2, 0) is 16.2 Å². The number of hydrogen-bond donors (Lipinski definition) is 2. The summed E-state index contributed by atoms with van der Waals surface area (Å²) in [6.45, 7) is 0.252. The fourth-order valence-corrected chi connectivity index (χ4v) is 2.87. The maximum atomic E-state index is 12.1. The van der Waals surface area contributed by atoms with Crippen LogP contribution in [0.4, 0.5) is 5.69 Å². The van der Waals surface area contributed by atoms with Gasteiger partial charge in [-0.25, -0.2) is 0 Å². The second-order valence-electron chi connectivity index (χ2n) is 5.09. The third kappa shape index (κ3) is 3.64. The van der Waals surface area contributed by atoms with Gasteiger partial charge in [0.05, 0.1) is 13.2 Å². The van der Waals surface area contributed by atoms with Crippen LogP contribution in [0.3, 0.4) is 0 Å². The van der Waals surface area contributed by atoms with Gasteiger partial charge >= 0.3 is 0 Å². The topological polar surface area (TPSA) is 78.9 Å². The fourth-order valence-electron chi connectivity index (χ4n) is 2.25. The van der Waals surface area contributed by atoms with Crippen molar-refractivity contribution in [3.05, 3.63) is 58.4 Å². The Balaban J connectivity index is 1.59. The van der Waals surface area contributed by atoms with Crippen molar-refractivity contribution in [2.75, 3.05) is 18.5 Å². The summed E-state index contributed by atoms with van der Waals surface area (Å²) in [7, 11) is 0. The van der Waals surface area contributed by atoms with E-state index in [2.05, 4.69) is 5.32 Å². The number of thiophene rings is 1. The van der Waals surface area contributed by atoms with E-state index in [1.807, 2.05) is 17.5 Å². The van der Waals surface area contributed by atoms with E-state index >= 15 is 0 Å². The second-order valence-corrected chi connectivity index (χ2v) is 6.13. The molecule has 0 fully saturated rings. The van der Waals surface area contributed by atoms with E-state index in [0.717, 1.165) is 15.5 Å². The molecule has 1 aromatic heterocycles. The average Bonchev–Trinajstić information content (AvgIpc) is 3.19. The number of anilines is 1. The number of nitrogens with zero attached hydrogens (tertiary/aromatic N) is 1. The Morgan fingerprint density at radius 2 is 1.96 bits per heavy atom. The molecule has 0 saturated carbocycles. The first-order valence-electron chi connectivity index (χ1n) is 7.38. The van der Waals surface area contributed by atoms with E-state index in [1.165, 1.54) is 6.08 Å². The van der Waals surface area contributed by atoms with Crippen molar-refractivity contribution in [2.45, 2.75) is 6.61 Å². The van der Waals surface area contributed by atoms with Crippen LogP contribution in [0.2, 0.25) is 0 Å². The van der Waals surface area contributed by atoms with Gasteiger partial charge in [0.15, 0.2) is 0 Å². The van der Waals surface area contributed by atoms with E-state index < -0.39 is 11.8 Å². The van der Waals surface area contributed by atoms with Crippen molar-refractivity contribution in [3.8, 4) is 5.75 Å². The number of aliphatic hydroxyl groups excluding tert-OH is 1. The number of carbonyl (C=O) groups is 2. The smallest absolute Gasteiger partial charge is 0.277 e. The highest BCUT2D eigenvalue weighted by Gasteiger charge is 2.30. The van der Waals surface area contributed by atoms with Gasteiger partial charge in [0, 0.05) is 16.6 Å². The molecule has 0 spiro atoms. The molecule has 0 radical (unpaired) electrons. The van der Waals surface area contributed by atoms with Crippen molar-refractivity contribution in [2.24, 2.45) is 0 Å². The number of benzene rings is 1. The number of rotatable bonds is 7. The number of aliphatic hydroxyl groups is 1. The van der Waals surface area contributed by atoms with Gasteiger partial charge in [0.25, 0.3) is 11.8 Å². The molecule has 1 aliphatic rings. The van der Waals surface area contributed by atoms with Gasteiger partial charge in [-0.2, -0.15) is 0 Å². The van der Waals surface area contributed by atoms with Crippen LogP contribution in [0, 0.1) is 0 Å². The van der Waals surface area contributed by atoms with E-state index in [4.69, 9.17) is 9.84 Å². The Morgan fingerprint density at radius 3 is 2.62 bits per heavy atom. The van der Waals surface area contributed by atoms with Crippen LogP contribution in [0.15, 0.2) is 53.6 Å². The molecule has 2 amide bonds. The van der Waals surface area contributed by atoms with Crippen molar-refractivity contribution in [3.63, 3.8) is 0 Å². The zero-order chi connectivity index (χ0) is 16.9. The molecule has 7 heteroatoms. The first kappa shape index (κ1) is 16.2. The SMILES string of the molecule is O=C1C=C(Nc2ccc(OCc3cccs3)cc2)C(=O)N1CCO. The lowest BCUT2D eigenvalue weighted by molar-refractivity contribution is -0.137. The third-order valence-corrected chi connectivity index (χ3v) is 4.28. The quantitative estimate of drug-likeness (QED) is 0.751. The average molecular weight is 344 g/mol. The van der Waals surface area contributed by atoms with E-state index in [1.54, 1.807) is 35.6 Å². The van der Waals surface area contributed by atoms with Gasteiger partial charge in [-0.05, 0) is 35.7 Å². The Hall–Kier alpha value is -2.64. The maximum absolute atomic E-state index is 12.1. The minimum absolute atomic E-state index is 0.00511. The molecule has 0 saturated heterocycles. The van der Waals surface area contributed by atoms with Gasteiger partial charge in [-0.3, -0.25) is 14.5 Å². The molecule has 0 unspecified atom stereocenters. The number of β-amino-alcohol motifs (C(OH)–C–C–N with tert-alkyl or cyclic N) is 1. The van der Waals surface area contributed by atoms with Crippen LogP contribution in [0.5, 0.6) is 5.75 Å². The van der Waals surface area contributed by atoms with Crippen molar-refractivity contribution < 1.29 is 19.4 Å². The monoisotopic (exact) mass is 344 g/mol. The summed E-state index contributed by atoms with van der Waals surface area (Å²) in [5.74, 6) is -0.141. The Labute approximate surface area is 143 Å². The molecule has 0 bridgehead atoms. The number of hydrogen-bond acceptors (Lipinski definition) is 6. The molecule has 124 valence electrons. The van der Waals surface area contributed by atoms with Crippen LogP contribution in [-0.4, -0.2) is 35.0 Å². The summed E-state index contributed by atoms with van der Waals surface area (Å²) >= 11 is 1.63. The summed E-state index contributed by atoms with van der Waals surface area (Å²) in [4.78, 5) is 25.9. The molecule has 1 aliphatic heterocycles. The van der Waals surface area contributed by atoms with Crippen LogP contribution >= 0.6 is 11.3 Å². The largest absolute Gasteiger partial charge is 0.488 e. The number of ether oxygens (including phenoxy) is 1. The zero-order valence-electron chi connectivity index (χ0n) is 12.8. The second kappa shape index (κ2) is 7.29. The van der Waals surface area contributed by atoms with E-state index in [-0.39, 0.29) is 18.8 Å². The highest BCUT2D eigenvalue weighted by molar-refractivity contribution is 7.09. The molecule has 0 aliphatic carbocycles. The minimum atomic E-state index is -0.438. The van der Waals surface area contributed by atoms with Gasteiger partial charge in [0.1, 0.15) is 18.1 Å². The lowest BCUT2D eigenvalue weighted by Gasteiger charge is -2.13. The summed E-state index contributed by atoms with van der Waals surface area (Å²) in [6, 6.07) is 11.1. The fraction of sp³-hybridized carbons (Fsp3) is 0.176. The standard InChI is InChI=1S/C17H16N2O4S/c20-8-7-19-16(21)10-15(17(19)22)18-12-3-5-13(6-4-12)23-11-14-2-1-9-24-14/h1-6,9-10,18,20H,7-8,11H2. The van der Waals surface area contributed by atoms with E-state index in [9.17, 15) is 9.59 Å². The lowest BCUT2D eigenvalue weighted by atomic mass is 10.3. The summed E-state index contributed by atoms with van der Waals surface area (Å²) in [6.07, 6.45) is 1.24. The summed E-state index contributed by atoms with van der Waals surface area (Å²) in [5, 5.41) is 13.8. The summed E-state index contributed by atoms with van der Waals surface area (Å²) < 4.78 is 5.67. The Kier molecular flexibility index (Phi) is 4.93. The molecule has 2 heterocycles. The lowest BCUT2D eigenvalue weighted by Crippen LogP contribution is -2.34. The van der Waals surface area contributed by atoms with Crippen LogP contribution in [0.1, 0.15) is 4.88 Å². The number of imide groups is 1. The molecule has 0 atom stereocenters. The first-order chi connectivity index (χ1) is 11.7. The molecule has 6 nitrogen and oxygen atoms in total. The highest BCUT2D eigenvalue weighted by Crippen LogP contribution is 2.21. The van der Waals surface area contributed by atoms with Gasteiger partial charge in [-0.1, -0.05) is 6.07 Å². The molecular weight excluding hydrogens is 328 g/mol. The van der Waals surface area contributed by atoms with Crippen LogP contribution < -0.4 is 10.1 Å². The number of carbonyl (C=O) groups excluding carboxylic acids is 2. The first-order valence-corrected chi connectivity index (χ1v) is 8.26. The maximum Gasteiger partial charge on any atom is 0.277 e. The van der Waals surface area contributed by atoms with Gasteiger partial charge in [0.2, 0.25) is 0 Å². The van der Waals surface area contributed by atoms with E-state index in [0.29, 0.717) is 12.3 Å². The van der Waals surface area contributed by atoms with Crippen molar-refractivity contribution >= 4 is 28.8 Å². The van der Waals surface area contributed by atoms with Crippen LogP contribution in [0.25, 0.3) is 0 Å². The molecular formula is C17H16N2O4S. The molecule has 1 aromatic carbocycles. The predicted octanol–water partition coefficient (Wildman–Crippen LogP) is 1.98. The van der Waals surface area contributed by atoms with Crippen molar-refractivity contribution in [1.29, 1.82) is 0 Å². The normalized spacial score (nSPS) is 14.0. The Bertz CT molecular complexity index is 753. The van der Waals surface area contributed by atoms with Gasteiger partial charge < -0.3 is 15.2 Å². The highest BCUT2D eigenvalue weighted by atomic mass is 32.1.